The van der Waals surface area contributed by atoms with Crippen molar-refractivity contribution in [3.63, 3.8) is 0 Å². The van der Waals surface area contributed by atoms with E-state index in [1.54, 1.807) is 0 Å². The summed E-state index contributed by atoms with van der Waals surface area (Å²) in [6.07, 6.45) is 7.66. The van der Waals surface area contributed by atoms with Gasteiger partial charge in [0.25, 0.3) is 0 Å². The van der Waals surface area contributed by atoms with Gasteiger partial charge in [-0.25, -0.2) is 9.59 Å². The molecule has 1 aliphatic carbocycles. The van der Waals surface area contributed by atoms with Gasteiger partial charge in [-0.2, -0.15) is 0 Å². The molecule has 0 aliphatic heterocycles. The van der Waals surface area contributed by atoms with Gasteiger partial charge in [-0.15, -0.1) is 0 Å². The summed E-state index contributed by atoms with van der Waals surface area (Å²) >= 11 is 0. The standard InChI is InChI=1S/C35H35NO4/c1-4-26-15-11-12-18-29(26)33-32(27-16-9-6-10-17-27)30-20-19-28(35(38)39-3)21-31(30)36(33)22-24(2)34(37)40-23-25-13-7-5-8-14-25/h4-5,7-8,11-15,18-21,27H,1-2,6,9-10,16-17,22-23H2,3H3. The fourth-order valence-corrected chi connectivity index (χ4v) is 5.85. The van der Waals surface area contributed by atoms with Crippen molar-refractivity contribution in [1.29, 1.82) is 0 Å². The van der Waals surface area contributed by atoms with Crippen molar-refractivity contribution in [3.05, 3.63) is 114 Å². The third-order valence-electron chi connectivity index (χ3n) is 7.82. The van der Waals surface area contributed by atoms with Crippen LogP contribution in [-0.4, -0.2) is 23.6 Å². The normalized spacial score (nSPS) is 13.6. The second-order valence-electron chi connectivity index (χ2n) is 10.4. The number of methoxy groups -OCH3 is 1. The molecule has 5 rings (SSSR count). The number of fused-ring (bicyclic) bond motifs is 1. The molecule has 0 N–H and O–H groups in total. The van der Waals surface area contributed by atoms with Gasteiger partial charge in [-0.3, -0.25) is 0 Å². The predicted molar refractivity (Wildman–Crippen MR) is 160 cm³/mol. The first-order valence-corrected chi connectivity index (χ1v) is 13.9. The fraction of sp³-hybridized carbons (Fsp3) is 0.257. The van der Waals surface area contributed by atoms with Crippen LogP contribution < -0.4 is 0 Å². The van der Waals surface area contributed by atoms with E-state index in [1.165, 1.54) is 31.9 Å². The van der Waals surface area contributed by atoms with E-state index in [2.05, 4.69) is 29.9 Å². The minimum atomic E-state index is -0.447. The number of aromatic nitrogens is 1. The zero-order valence-corrected chi connectivity index (χ0v) is 23.0. The molecule has 0 spiro atoms. The van der Waals surface area contributed by atoms with Crippen LogP contribution >= 0.6 is 0 Å². The maximum absolute atomic E-state index is 13.1. The van der Waals surface area contributed by atoms with Gasteiger partial charge in [0.2, 0.25) is 0 Å². The molecular weight excluding hydrogens is 498 g/mol. The van der Waals surface area contributed by atoms with Crippen LogP contribution in [0.2, 0.25) is 0 Å². The molecule has 0 bridgehead atoms. The lowest BCUT2D eigenvalue weighted by molar-refractivity contribution is -0.140. The summed E-state index contributed by atoms with van der Waals surface area (Å²) in [7, 11) is 1.38. The Morgan fingerprint density at radius 2 is 1.70 bits per heavy atom. The van der Waals surface area contributed by atoms with Crippen molar-refractivity contribution in [2.75, 3.05) is 7.11 Å². The Balaban J connectivity index is 1.65. The number of benzene rings is 3. The molecule has 1 fully saturated rings. The molecule has 5 nitrogen and oxygen atoms in total. The van der Waals surface area contributed by atoms with E-state index in [0.717, 1.165) is 46.1 Å². The van der Waals surface area contributed by atoms with E-state index in [0.29, 0.717) is 17.1 Å². The molecule has 0 atom stereocenters. The smallest absolute Gasteiger partial charge is 0.337 e. The summed E-state index contributed by atoms with van der Waals surface area (Å²) in [6, 6.07) is 23.5. The number of rotatable bonds is 9. The van der Waals surface area contributed by atoms with Gasteiger partial charge in [0, 0.05) is 22.0 Å². The fourth-order valence-electron chi connectivity index (χ4n) is 5.85. The van der Waals surface area contributed by atoms with Gasteiger partial charge in [-0.1, -0.05) is 99.2 Å². The molecule has 1 heterocycles. The summed E-state index contributed by atoms with van der Waals surface area (Å²) in [5.41, 5.74) is 6.93. The van der Waals surface area contributed by atoms with E-state index in [-0.39, 0.29) is 13.2 Å². The second kappa shape index (κ2) is 12.2. The highest BCUT2D eigenvalue weighted by atomic mass is 16.5. The van der Waals surface area contributed by atoms with E-state index < -0.39 is 11.9 Å². The van der Waals surface area contributed by atoms with E-state index in [4.69, 9.17) is 9.47 Å². The maximum atomic E-state index is 13.1. The van der Waals surface area contributed by atoms with Crippen LogP contribution in [0.4, 0.5) is 0 Å². The van der Waals surface area contributed by atoms with Gasteiger partial charge in [0.05, 0.1) is 24.9 Å². The quantitative estimate of drug-likeness (QED) is 0.161. The van der Waals surface area contributed by atoms with Crippen LogP contribution in [0.15, 0.2) is 91.5 Å². The van der Waals surface area contributed by atoms with E-state index >= 15 is 0 Å². The number of carbonyl (C=O) groups excluding carboxylic acids is 2. The minimum Gasteiger partial charge on any atom is -0.465 e. The third-order valence-corrected chi connectivity index (χ3v) is 7.82. The lowest BCUT2D eigenvalue weighted by Gasteiger charge is -2.24. The molecule has 4 aromatic rings. The summed E-state index contributed by atoms with van der Waals surface area (Å²) in [5.74, 6) is -0.479. The molecule has 0 amide bonds. The van der Waals surface area contributed by atoms with Crippen molar-refractivity contribution < 1.29 is 19.1 Å². The van der Waals surface area contributed by atoms with Crippen LogP contribution in [0, 0.1) is 0 Å². The van der Waals surface area contributed by atoms with Crippen LogP contribution in [0.5, 0.6) is 0 Å². The zero-order valence-electron chi connectivity index (χ0n) is 23.0. The van der Waals surface area contributed by atoms with Crippen molar-refractivity contribution in [2.24, 2.45) is 0 Å². The number of esters is 2. The SMILES string of the molecule is C=Cc1ccccc1-c1c(C2CCCCC2)c2ccc(C(=O)OC)cc2n1CC(=C)C(=O)OCc1ccccc1. The van der Waals surface area contributed by atoms with E-state index in [1.807, 2.05) is 66.7 Å². The number of carbonyl (C=O) groups is 2. The maximum Gasteiger partial charge on any atom is 0.337 e. The number of hydrogen-bond donors (Lipinski definition) is 0. The molecule has 3 aromatic carbocycles. The number of ether oxygens (including phenoxy) is 2. The van der Waals surface area contributed by atoms with Gasteiger partial charge in [0.1, 0.15) is 6.61 Å². The summed E-state index contributed by atoms with van der Waals surface area (Å²) in [6.45, 7) is 8.61. The van der Waals surface area contributed by atoms with Crippen molar-refractivity contribution in [1.82, 2.24) is 4.57 Å². The van der Waals surface area contributed by atoms with Crippen LogP contribution in [0.1, 0.15) is 65.1 Å². The monoisotopic (exact) mass is 533 g/mol. The topological polar surface area (TPSA) is 57.5 Å². The Morgan fingerprint density at radius 1 is 0.975 bits per heavy atom. The largest absolute Gasteiger partial charge is 0.465 e. The molecular formula is C35H35NO4. The number of nitrogens with zero attached hydrogens (tertiary/aromatic N) is 1. The average molecular weight is 534 g/mol. The van der Waals surface area contributed by atoms with Crippen molar-refractivity contribution in [2.45, 2.75) is 51.2 Å². The van der Waals surface area contributed by atoms with Gasteiger partial charge >= 0.3 is 11.9 Å². The Kier molecular flexibility index (Phi) is 8.30. The summed E-state index contributed by atoms with van der Waals surface area (Å²) in [5, 5.41) is 1.08. The first-order valence-electron chi connectivity index (χ1n) is 13.9. The second-order valence-corrected chi connectivity index (χ2v) is 10.4. The average Bonchev–Trinajstić information content (AvgIpc) is 3.33. The summed E-state index contributed by atoms with van der Waals surface area (Å²) < 4.78 is 12.8. The van der Waals surface area contributed by atoms with Gasteiger partial charge in [0.15, 0.2) is 0 Å². The Bertz CT molecular complexity index is 1560. The van der Waals surface area contributed by atoms with Crippen LogP contribution in [0.3, 0.4) is 0 Å². The molecule has 0 saturated heterocycles. The van der Waals surface area contributed by atoms with E-state index in [9.17, 15) is 9.59 Å². The third kappa shape index (κ3) is 5.50. The molecule has 0 unspecified atom stereocenters. The predicted octanol–water partition coefficient (Wildman–Crippen LogP) is 8.09. The molecule has 40 heavy (non-hydrogen) atoms. The van der Waals surface area contributed by atoms with Crippen LogP contribution in [0.25, 0.3) is 28.2 Å². The van der Waals surface area contributed by atoms with Crippen LogP contribution in [-0.2, 0) is 27.4 Å². The van der Waals surface area contributed by atoms with Gasteiger partial charge in [-0.05, 0) is 47.6 Å². The van der Waals surface area contributed by atoms with Crippen molar-refractivity contribution in [3.8, 4) is 11.3 Å². The number of hydrogen-bond acceptors (Lipinski definition) is 4. The Labute approximate surface area is 235 Å². The lowest BCUT2D eigenvalue weighted by atomic mass is 9.81. The highest BCUT2D eigenvalue weighted by Crippen LogP contribution is 2.45. The molecule has 1 aliphatic rings. The first kappa shape index (κ1) is 27.2. The lowest BCUT2D eigenvalue weighted by Crippen LogP contribution is -2.14. The molecule has 1 saturated carbocycles. The Morgan fingerprint density at radius 3 is 2.42 bits per heavy atom. The highest BCUT2D eigenvalue weighted by Gasteiger charge is 2.28. The first-order chi connectivity index (χ1) is 19.5. The van der Waals surface area contributed by atoms with Crippen molar-refractivity contribution >= 4 is 28.9 Å². The van der Waals surface area contributed by atoms with Gasteiger partial charge < -0.3 is 14.0 Å². The molecule has 1 aromatic heterocycles. The zero-order chi connectivity index (χ0) is 28.1. The molecule has 0 radical (unpaired) electrons. The Hall–Kier alpha value is -4.38. The minimum absolute atomic E-state index is 0.178. The highest BCUT2D eigenvalue weighted by molar-refractivity contribution is 6.00. The molecule has 5 heteroatoms. The summed E-state index contributed by atoms with van der Waals surface area (Å²) in [4.78, 5) is 25.7. The molecule has 204 valence electrons.